The van der Waals surface area contributed by atoms with Crippen LogP contribution in [-0.4, -0.2) is 25.2 Å². The van der Waals surface area contributed by atoms with Gasteiger partial charge in [0.05, 0.1) is 0 Å². The summed E-state index contributed by atoms with van der Waals surface area (Å²) in [6, 6.07) is 8.26. The molecule has 4 rings (SSSR count). The molecule has 0 bridgehead atoms. The van der Waals surface area contributed by atoms with E-state index in [2.05, 4.69) is 30.0 Å². The van der Waals surface area contributed by atoms with Crippen LogP contribution in [0.25, 0.3) is 11.2 Å². The molecule has 27 heavy (non-hydrogen) atoms. The Hall–Kier alpha value is -2.83. The number of aryl methyl sites for hydroxylation is 3. The molecule has 0 amide bonds. The molecule has 142 valence electrons. The molecule has 0 unspecified atom stereocenters. The first-order valence-electron chi connectivity index (χ1n) is 9.42. The van der Waals surface area contributed by atoms with Crippen LogP contribution in [0.15, 0.2) is 33.9 Å². The van der Waals surface area contributed by atoms with E-state index in [0.717, 1.165) is 31.1 Å². The smallest absolute Gasteiger partial charge is 0.312 e. The van der Waals surface area contributed by atoms with Crippen LogP contribution in [0.3, 0.4) is 0 Å². The molecule has 0 saturated carbocycles. The van der Waals surface area contributed by atoms with E-state index >= 15 is 0 Å². The Morgan fingerprint density at radius 3 is 2.67 bits per heavy atom. The predicted octanol–water partition coefficient (Wildman–Crippen LogP) is 2.40. The quantitative estimate of drug-likeness (QED) is 0.713. The van der Waals surface area contributed by atoms with Gasteiger partial charge in [0.2, 0.25) is 5.95 Å². The number of benzene rings is 1. The van der Waals surface area contributed by atoms with Crippen molar-refractivity contribution in [3.63, 3.8) is 0 Å². The zero-order valence-electron chi connectivity index (χ0n) is 16.3. The normalized spacial score (nSPS) is 14.2. The number of rotatable bonds is 3. The Balaban J connectivity index is 1.98. The highest BCUT2D eigenvalue weighted by atomic mass is 16.2. The van der Waals surface area contributed by atoms with Crippen molar-refractivity contribution in [1.82, 2.24) is 18.7 Å². The summed E-state index contributed by atoms with van der Waals surface area (Å²) in [7, 11) is 1.69. The highest BCUT2D eigenvalue weighted by Gasteiger charge is 2.27. The number of fused-ring (bicyclic) bond motifs is 3. The summed E-state index contributed by atoms with van der Waals surface area (Å²) >= 11 is 0. The van der Waals surface area contributed by atoms with Gasteiger partial charge in [0, 0.05) is 32.4 Å². The molecule has 0 spiro atoms. The maximum atomic E-state index is 13.1. The number of imidazole rings is 1. The van der Waals surface area contributed by atoms with E-state index in [1.54, 1.807) is 7.05 Å². The molecule has 0 radical (unpaired) electrons. The van der Waals surface area contributed by atoms with Crippen molar-refractivity contribution in [2.45, 2.75) is 40.3 Å². The van der Waals surface area contributed by atoms with E-state index in [-0.39, 0.29) is 17.2 Å². The van der Waals surface area contributed by atoms with Crippen LogP contribution in [0.4, 0.5) is 11.6 Å². The largest absolute Gasteiger partial charge is 0.332 e. The Bertz CT molecular complexity index is 1140. The molecule has 1 aliphatic rings. The van der Waals surface area contributed by atoms with Gasteiger partial charge in [-0.05, 0) is 37.0 Å². The number of aromatic nitrogens is 4. The average molecular weight is 367 g/mol. The molecule has 0 aliphatic carbocycles. The second kappa shape index (κ2) is 6.40. The van der Waals surface area contributed by atoms with Crippen molar-refractivity contribution in [3.05, 3.63) is 50.7 Å². The van der Waals surface area contributed by atoms with E-state index in [9.17, 15) is 9.59 Å². The summed E-state index contributed by atoms with van der Waals surface area (Å²) in [5.41, 5.74) is 2.65. The lowest BCUT2D eigenvalue weighted by atomic mass is 10.2. The number of hydrogen-bond donors (Lipinski definition) is 0. The molecule has 7 nitrogen and oxygen atoms in total. The summed E-state index contributed by atoms with van der Waals surface area (Å²) in [6.45, 7) is 8.03. The average Bonchev–Trinajstić information content (AvgIpc) is 3.03. The third-order valence-electron chi connectivity index (χ3n) is 5.08. The van der Waals surface area contributed by atoms with Gasteiger partial charge in [-0.2, -0.15) is 4.98 Å². The maximum Gasteiger partial charge on any atom is 0.332 e. The Morgan fingerprint density at radius 2 is 1.96 bits per heavy atom. The first-order chi connectivity index (χ1) is 12.9. The first kappa shape index (κ1) is 17.6. The maximum absolute atomic E-state index is 13.1. The van der Waals surface area contributed by atoms with Crippen molar-refractivity contribution >= 4 is 22.8 Å². The highest BCUT2D eigenvalue weighted by Crippen LogP contribution is 2.31. The fraction of sp³-hybridized carbons (Fsp3) is 0.450. The lowest BCUT2D eigenvalue weighted by Gasteiger charge is -2.29. The first-order valence-corrected chi connectivity index (χ1v) is 9.42. The van der Waals surface area contributed by atoms with Crippen molar-refractivity contribution in [3.8, 4) is 0 Å². The molecule has 0 N–H and O–H groups in total. The van der Waals surface area contributed by atoms with E-state index in [1.807, 2.05) is 24.5 Å². The van der Waals surface area contributed by atoms with Crippen LogP contribution >= 0.6 is 0 Å². The predicted molar refractivity (Wildman–Crippen MR) is 107 cm³/mol. The van der Waals surface area contributed by atoms with Crippen LogP contribution in [0.2, 0.25) is 0 Å². The van der Waals surface area contributed by atoms with Crippen LogP contribution in [-0.2, 0) is 20.1 Å². The van der Waals surface area contributed by atoms with E-state index < -0.39 is 0 Å². The second-order valence-electron chi connectivity index (χ2n) is 7.73. The van der Waals surface area contributed by atoms with Gasteiger partial charge in [-0.25, -0.2) is 4.79 Å². The van der Waals surface area contributed by atoms with Crippen LogP contribution < -0.4 is 16.1 Å². The minimum atomic E-state index is -0.307. The summed E-state index contributed by atoms with van der Waals surface area (Å²) in [5, 5.41) is 0. The molecule has 1 aliphatic heterocycles. The number of nitrogens with zero attached hydrogens (tertiary/aromatic N) is 5. The molecular weight excluding hydrogens is 342 g/mol. The third kappa shape index (κ3) is 2.78. The van der Waals surface area contributed by atoms with Crippen molar-refractivity contribution in [2.24, 2.45) is 13.0 Å². The van der Waals surface area contributed by atoms with Gasteiger partial charge in [-0.15, -0.1) is 0 Å². The standard InChI is InChI=1S/C20H25N5O2/c1-13(2)12-25-18(26)16-17(22(4)20(25)27)21-19-23(9-6-10-24(16)19)15-8-5-7-14(3)11-15/h5,7-8,11,13H,6,9-10,12H2,1-4H3. The van der Waals surface area contributed by atoms with Crippen LogP contribution in [0, 0.1) is 12.8 Å². The molecule has 3 aromatic rings. The molecule has 0 atom stereocenters. The van der Waals surface area contributed by atoms with E-state index in [4.69, 9.17) is 4.98 Å². The molecule has 1 aromatic carbocycles. The topological polar surface area (TPSA) is 65.1 Å². The Labute approximate surface area is 157 Å². The van der Waals surface area contributed by atoms with Crippen molar-refractivity contribution in [2.75, 3.05) is 11.4 Å². The van der Waals surface area contributed by atoms with Gasteiger partial charge in [-0.1, -0.05) is 26.0 Å². The minimum absolute atomic E-state index is 0.209. The van der Waals surface area contributed by atoms with E-state index in [0.29, 0.717) is 17.7 Å². The second-order valence-corrected chi connectivity index (χ2v) is 7.73. The molecule has 0 saturated heterocycles. The zero-order valence-corrected chi connectivity index (χ0v) is 16.3. The minimum Gasteiger partial charge on any atom is -0.312 e. The molecule has 7 heteroatoms. The summed E-state index contributed by atoms with van der Waals surface area (Å²) in [4.78, 5) is 32.7. The van der Waals surface area contributed by atoms with Gasteiger partial charge >= 0.3 is 5.69 Å². The van der Waals surface area contributed by atoms with E-state index in [1.165, 1.54) is 14.7 Å². The van der Waals surface area contributed by atoms with Gasteiger partial charge < -0.3 is 9.47 Å². The van der Waals surface area contributed by atoms with Crippen LogP contribution in [0.1, 0.15) is 25.8 Å². The van der Waals surface area contributed by atoms with Crippen molar-refractivity contribution < 1.29 is 0 Å². The van der Waals surface area contributed by atoms with Gasteiger partial charge in [0.15, 0.2) is 11.2 Å². The highest BCUT2D eigenvalue weighted by molar-refractivity contribution is 5.77. The molecule has 3 heterocycles. The zero-order chi connectivity index (χ0) is 19.3. The monoisotopic (exact) mass is 367 g/mol. The molecular formula is C20H25N5O2. The number of hydrogen-bond acceptors (Lipinski definition) is 4. The summed E-state index contributed by atoms with van der Waals surface area (Å²) < 4.78 is 4.81. The fourth-order valence-corrected chi connectivity index (χ4v) is 3.83. The van der Waals surface area contributed by atoms with Gasteiger partial charge in [0.25, 0.3) is 5.56 Å². The van der Waals surface area contributed by atoms with Gasteiger partial charge in [0.1, 0.15) is 0 Å². The lowest BCUT2D eigenvalue weighted by Crippen LogP contribution is -2.40. The van der Waals surface area contributed by atoms with Crippen molar-refractivity contribution in [1.29, 1.82) is 0 Å². The Kier molecular flexibility index (Phi) is 4.17. The fourth-order valence-electron chi connectivity index (χ4n) is 3.83. The SMILES string of the molecule is Cc1cccc(N2CCCn3c2nc2c3c(=O)n(CC(C)C)c(=O)n2C)c1. The van der Waals surface area contributed by atoms with Crippen LogP contribution in [0.5, 0.6) is 0 Å². The lowest BCUT2D eigenvalue weighted by molar-refractivity contribution is 0.483. The third-order valence-corrected chi connectivity index (χ3v) is 5.08. The Morgan fingerprint density at radius 1 is 1.19 bits per heavy atom. The molecule has 0 fully saturated rings. The summed E-state index contributed by atoms with van der Waals surface area (Å²) in [5.74, 6) is 0.941. The number of anilines is 2. The molecule has 2 aromatic heterocycles. The van der Waals surface area contributed by atoms with Gasteiger partial charge in [-0.3, -0.25) is 13.9 Å². The summed E-state index contributed by atoms with van der Waals surface area (Å²) in [6.07, 6.45) is 0.916.